The first kappa shape index (κ1) is 16.6. The van der Waals surface area contributed by atoms with Gasteiger partial charge in [-0.15, -0.1) is 0 Å². The zero-order valence-electron chi connectivity index (χ0n) is 11.7. The van der Waals surface area contributed by atoms with Crippen LogP contribution >= 0.6 is 0 Å². The number of aryl methyl sites for hydroxylation is 1. The Hall–Kier alpha value is -1.44. The van der Waals surface area contributed by atoms with Crippen molar-refractivity contribution in [1.82, 2.24) is 10.0 Å². The Morgan fingerprint density at radius 1 is 1.30 bits per heavy atom. The molecule has 0 spiro atoms. The fourth-order valence-electron chi connectivity index (χ4n) is 1.60. The third kappa shape index (κ3) is 5.28. The van der Waals surface area contributed by atoms with Crippen molar-refractivity contribution in [2.75, 3.05) is 26.8 Å². The second kappa shape index (κ2) is 7.98. The normalized spacial score (nSPS) is 11.3. The van der Waals surface area contributed by atoms with Crippen LogP contribution in [-0.4, -0.2) is 41.1 Å². The van der Waals surface area contributed by atoms with E-state index in [0.717, 1.165) is 0 Å². The number of hydrogen-bond donors (Lipinski definition) is 2. The van der Waals surface area contributed by atoms with Gasteiger partial charge < -0.3 is 10.1 Å². The van der Waals surface area contributed by atoms with Crippen molar-refractivity contribution in [3.8, 4) is 0 Å². The van der Waals surface area contributed by atoms with Gasteiger partial charge in [0.05, 0.1) is 11.4 Å². The van der Waals surface area contributed by atoms with Crippen molar-refractivity contribution in [3.05, 3.63) is 29.8 Å². The van der Waals surface area contributed by atoms with Gasteiger partial charge in [-0.3, -0.25) is 4.79 Å². The Kier molecular flexibility index (Phi) is 6.63. The Labute approximate surface area is 119 Å². The van der Waals surface area contributed by atoms with Crippen LogP contribution in [0.1, 0.15) is 12.0 Å². The summed E-state index contributed by atoms with van der Waals surface area (Å²) < 4.78 is 31.2. The standard InChI is InChI=1S/C13H20N2O4S/c1-11-6-3-4-7-12(11)20(17,18)15-10-13(16)14-8-5-9-19-2/h3-4,6-7,15H,5,8-10H2,1-2H3,(H,14,16). The third-order valence-electron chi connectivity index (χ3n) is 2.65. The first-order valence-corrected chi connectivity index (χ1v) is 7.76. The van der Waals surface area contributed by atoms with E-state index in [4.69, 9.17) is 4.74 Å². The number of amides is 1. The van der Waals surface area contributed by atoms with Crippen LogP contribution in [0.4, 0.5) is 0 Å². The molecule has 0 fully saturated rings. The van der Waals surface area contributed by atoms with Crippen molar-refractivity contribution in [2.24, 2.45) is 0 Å². The highest BCUT2D eigenvalue weighted by atomic mass is 32.2. The zero-order chi connectivity index (χ0) is 15.0. The number of ether oxygens (including phenoxy) is 1. The summed E-state index contributed by atoms with van der Waals surface area (Å²) in [5, 5.41) is 2.61. The maximum Gasteiger partial charge on any atom is 0.241 e. The second-order valence-corrected chi connectivity index (χ2v) is 6.02. The molecule has 0 aromatic heterocycles. The van der Waals surface area contributed by atoms with Gasteiger partial charge in [-0.05, 0) is 25.0 Å². The molecule has 0 heterocycles. The average Bonchev–Trinajstić information content (AvgIpc) is 2.42. The SMILES string of the molecule is COCCCNC(=O)CNS(=O)(=O)c1ccccc1C. The van der Waals surface area contributed by atoms with Crippen LogP contribution in [-0.2, 0) is 19.6 Å². The lowest BCUT2D eigenvalue weighted by atomic mass is 10.2. The zero-order valence-corrected chi connectivity index (χ0v) is 12.5. The molecule has 0 aliphatic heterocycles. The molecule has 0 saturated carbocycles. The van der Waals surface area contributed by atoms with Crippen molar-refractivity contribution in [2.45, 2.75) is 18.2 Å². The van der Waals surface area contributed by atoms with E-state index in [-0.39, 0.29) is 17.3 Å². The maximum absolute atomic E-state index is 12.0. The third-order valence-corrected chi connectivity index (χ3v) is 4.21. The fraction of sp³-hybridized carbons (Fsp3) is 0.462. The lowest BCUT2D eigenvalue weighted by Crippen LogP contribution is -2.37. The summed E-state index contributed by atoms with van der Waals surface area (Å²) in [4.78, 5) is 11.7. The number of nitrogens with one attached hydrogen (secondary N) is 2. The summed E-state index contributed by atoms with van der Waals surface area (Å²) in [7, 11) is -2.08. The predicted molar refractivity (Wildman–Crippen MR) is 75.9 cm³/mol. The molecule has 0 atom stereocenters. The minimum absolute atomic E-state index is 0.187. The molecule has 1 aromatic rings. The number of hydrogen-bond acceptors (Lipinski definition) is 4. The van der Waals surface area contributed by atoms with E-state index in [1.165, 1.54) is 6.07 Å². The highest BCUT2D eigenvalue weighted by molar-refractivity contribution is 7.89. The van der Waals surface area contributed by atoms with Crippen LogP contribution in [0.5, 0.6) is 0 Å². The topological polar surface area (TPSA) is 84.5 Å². The van der Waals surface area contributed by atoms with E-state index in [2.05, 4.69) is 10.0 Å². The quantitative estimate of drug-likeness (QED) is 0.682. The van der Waals surface area contributed by atoms with Gasteiger partial charge in [0, 0.05) is 20.3 Å². The van der Waals surface area contributed by atoms with E-state index in [9.17, 15) is 13.2 Å². The highest BCUT2D eigenvalue weighted by Gasteiger charge is 2.16. The molecule has 0 aliphatic rings. The monoisotopic (exact) mass is 300 g/mol. The minimum atomic E-state index is -3.66. The van der Waals surface area contributed by atoms with Crippen molar-refractivity contribution < 1.29 is 17.9 Å². The molecule has 1 amide bonds. The largest absolute Gasteiger partial charge is 0.385 e. The molecule has 0 radical (unpaired) electrons. The Balaban J connectivity index is 2.48. The average molecular weight is 300 g/mol. The van der Waals surface area contributed by atoms with E-state index in [1.807, 2.05) is 0 Å². The van der Waals surface area contributed by atoms with Gasteiger partial charge in [0.15, 0.2) is 0 Å². The van der Waals surface area contributed by atoms with Gasteiger partial charge in [-0.25, -0.2) is 13.1 Å². The van der Waals surface area contributed by atoms with Crippen molar-refractivity contribution in [1.29, 1.82) is 0 Å². The number of carbonyl (C=O) groups excluding carboxylic acids is 1. The number of methoxy groups -OCH3 is 1. The highest BCUT2D eigenvalue weighted by Crippen LogP contribution is 2.13. The predicted octanol–water partition coefficient (Wildman–Crippen LogP) is 0.426. The van der Waals surface area contributed by atoms with E-state index < -0.39 is 10.0 Å². The van der Waals surface area contributed by atoms with Crippen molar-refractivity contribution in [3.63, 3.8) is 0 Å². The summed E-state index contributed by atoms with van der Waals surface area (Å²) >= 11 is 0. The summed E-state index contributed by atoms with van der Waals surface area (Å²) in [6.45, 7) is 2.44. The van der Waals surface area contributed by atoms with Crippen LogP contribution in [0, 0.1) is 6.92 Å². The molecule has 0 aliphatic carbocycles. The molecular formula is C13H20N2O4S. The molecular weight excluding hydrogens is 280 g/mol. The molecule has 20 heavy (non-hydrogen) atoms. The Morgan fingerprint density at radius 3 is 2.65 bits per heavy atom. The summed E-state index contributed by atoms with van der Waals surface area (Å²) in [6, 6.07) is 6.62. The van der Waals surface area contributed by atoms with E-state index in [1.54, 1.807) is 32.2 Å². The maximum atomic E-state index is 12.0. The summed E-state index contributed by atoms with van der Waals surface area (Å²) in [5.74, 6) is -0.363. The number of carbonyl (C=O) groups is 1. The molecule has 1 aromatic carbocycles. The first-order chi connectivity index (χ1) is 9.47. The molecule has 2 N–H and O–H groups in total. The summed E-state index contributed by atoms with van der Waals surface area (Å²) in [6.07, 6.45) is 0.687. The molecule has 1 rings (SSSR count). The number of benzene rings is 1. The van der Waals surface area contributed by atoms with E-state index >= 15 is 0 Å². The van der Waals surface area contributed by atoms with Gasteiger partial charge in [-0.2, -0.15) is 0 Å². The molecule has 0 unspecified atom stereocenters. The molecule has 0 bridgehead atoms. The lowest BCUT2D eigenvalue weighted by molar-refractivity contribution is -0.120. The molecule has 7 heteroatoms. The molecule has 112 valence electrons. The van der Waals surface area contributed by atoms with E-state index in [0.29, 0.717) is 25.1 Å². The smallest absolute Gasteiger partial charge is 0.241 e. The van der Waals surface area contributed by atoms with Gasteiger partial charge in [0.1, 0.15) is 0 Å². The minimum Gasteiger partial charge on any atom is -0.385 e. The Bertz CT molecular complexity index is 543. The molecule has 0 saturated heterocycles. The lowest BCUT2D eigenvalue weighted by Gasteiger charge is -2.09. The van der Waals surface area contributed by atoms with Crippen molar-refractivity contribution >= 4 is 15.9 Å². The fourth-order valence-corrected chi connectivity index (χ4v) is 2.83. The van der Waals surface area contributed by atoms with Gasteiger partial charge >= 0.3 is 0 Å². The van der Waals surface area contributed by atoms with Gasteiger partial charge in [-0.1, -0.05) is 18.2 Å². The van der Waals surface area contributed by atoms with Gasteiger partial charge in [0.2, 0.25) is 15.9 Å². The van der Waals surface area contributed by atoms with Gasteiger partial charge in [0.25, 0.3) is 0 Å². The summed E-state index contributed by atoms with van der Waals surface area (Å²) in [5.41, 5.74) is 0.639. The number of rotatable bonds is 8. The molecule has 6 nitrogen and oxygen atoms in total. The van der Waals surface area contributed by atoms with Crippen LogP contribution in [0.25, 0.3) is 0 Å². The van der Waals surface area contributed by atoms with Crippen LogP contribution in [0.3, 0.4) is 0 Å². The first-order valence-electron chi connectivity index (χ1n) is 6.28. The number of sulfonamides is 1. The second-order valence-electron chi connectivity index (χ2n) is 4.29. The van der Waals surface area contributed by atoms with Crippen LogP contribution in [0.2, 0.25) is 0 Å². The van der Waals surface area contributed by atoms with Crippen LogP contribution < -0.4 is 10.0 Å². The van der Waals surface area contributed by atoms with Crippen LogP contribution in [0.15, 0.2) is 29.2 Å². The Morgan fingerprint density at radius 2 is 2.00 bits per heavy atom.